The van der Waals surface area contributed by atoms with E-state index in [1.54, 1.807) is 4.57 Å². The second kappa shape index (κ2) is 13.4. The minimum absolute atomic E-state index is 0.0299. The number of fused-ring (bicyclic) bond motifs is 1. The number of pyridine rings is 1. The van der Waals surface area contributed by atoms with Crippen LogP contribution >= 0.6 is 11.3 Å². The first-order valence-corrected chi connectivity index (χ1v) is 17.0. The maximum Gasteiger partial charge on any atom is 0.311 e. The molecule has 0 unspecified atom stereocenters. The van der Waals surface area contributed by atoms with E-state index in [1.807, 2.05) is 153 Å². The fourth-order valence-corrected chi connectivity index (χ4v) is 7.26. The molecule has 0 bridgehead atoms. The average Bonchev–Trinajstić information content (AvgIpc) is 3.59. The molecule has 0 saturated carbocycles. The number of aryl methyl sites for hydroxylation is 1. The fraction of sp³-hybridized carbons (Fsp3) is 0.175. The van der Waals surface area contributed by atoms with Gasteiger partial charge in [-0.1, -0.05) is 114 Å². The topological polar surface area (TPSA) is 91.4 Å². The summed E-state index contributed by atoms with van der Waals surface area (Å²) in [7, 11) is 1.91. The van der Waals surface area contributed by atoms with Crippen molar-refractivity contribution >= 4 is 22.5 Å². The molecular formula is C40H36N4O4S. The van der Waals surface area contributed by atoms with Gasteiger partial charge in [-0.25, -0.2) is 4.98 Å². The summed E-state index contributed by atoms with van der Waals surface area (Å²) < 4.78 is 15.3. The minimum Gasteiger partial charge on any atom is -0.494 e. The standard InChI is InChI=1S/C40H36N4O4S/c1-27(2)48-36-24-23-33-37(42-36)43(3)35(41-33)26-47-32-21-19-28(20-22-32)25-34-38(45)44(39(46)49-34)40(29-13-7-4-8-14-29,30-15-9-5-10-16-30)31-17-11-6-12-18-31/h4-24,27,45H,25-26H2,1-3H3. The average molecular weight is 669 g/mol. The van der Waals surface area contributed by atoms with Crippen LogP contribution in [-0.4, -0.2) is 30.3 Å². The molecule has 0 aliphatic rings. The van der Waals surface area contributed by atoms with Crippen LogP contribution in [0.5, 0.6) is 17.5 Å². The van der Waals surface area contributed by atoms with Crippen LogP contribution in [0, 0.1) is 0 Å². The lowest BCUT2D eigenvalue weighted by Crippen LogP contribution is -2.42. The summed E-state index contributed by atoms with van der Waals surface area (Å²) in [6.07, 6.45) is 0.410. The molecule has 3 aromatic heterocycles. The number of aromatic hydroxyl groups is 1. The summed E-state index contributed by atoms with van der Waals surface area (Å²) in [6.45, 7) is 4.20. The molecule has 0 amide bonds. The largest absolute Gasteiger partial charge is 0.494 e. The third-order valence-corrected chi connectivity index (χ3v) is 9.49. The first-order valence-electron chi connectivity index (χ1n) is 16.2. The van der Waals surface area contributed by atoms with Crippen LogP contribution in [0.1, 0.15) is 46.8 Å². The molecule has 0 radical (unpaired) electrons. The lowest BCUT2D eigenvalue weighted by atomic mass is 9.76. The Labute approximate surface area is 288 Å². The van der Waals surface area contributed by atoms with E-state index in [0.717, 1.165) is 50.6 Å². The Bertz CT molecular complexity index is 2150. The van der Waals surface area contributed by atoms with Crippen LogP contribution in [-0.2, 0) is 25.6 Å². The minimum atomic E-state index is -1.09. The zero-order chi connectivity index (χ0) is 34.0. The summed E-state index contributed by atoms with van der Waals surface area (Å²) >= 11 is 1.07. The van der Waals surface area contributed by atoms with Crippen LogP contribution in [0.2, 0.25) is 0 Å². The number of benzene rings is 4. The molecule has 7 aromatic rings. The second-order valence-corrected chi connectivity index (χ2v) is 13.2. The Balaban J connectivity index is 1.17. The number of ether oxygens (including phenoxy) is 2. The lowest BCUT2D eigenvalue weighted by molar-refractivity contribution is 0.233. The van der Waals surface area contributed by atoms with Gasteiger partial charge in [-0.15, -0.1) is 0 Å². The van der Waals surface area contributed by atoms with E-state index < -0.39 is 5.54 Å². The van der Waals surface area contributed by atoms with Crippen LogP contribution < -0.4 is 14.3 Å². The Morgan fingerprint density at radius 3 is 1.90 bits per heavy atom. The van der Waals surface area contributed by atoms with Crippen molar-refractivity contribution in [1.82, 2.24) is 19.1 Å². The van der Waals surface area contributed by atoms with E-state index in [4.69, 9.17) is 9.47 Å². The first kappa shape index (κ1) is 31.9. The van der Waals surface area contributed by atoms with Crippen LogP contribution in [0.25, 0.3) is 11.2 Å². The summed E-state index contributed by atoms with van der Waals surface area (Å²) in [5, 5.41) is 11.9. The molecule has 246 valence electrons. The van der Waals surface area contributed by atoms with Crippen molar-refractivity contribution in [1.29, 1.82) is 0 Å². The highest BCUT2D eigenvalue weighted by atomic mass is 32.1. The second-order valence-electron chi connectivity index (χ2n) is 12.1. The molecule has 0 aliphatic heterocycles. The number of thiazole rings is 1. The fourth-order valence-electron chi connectivity index (χ4n) is 6.31. The van der Waals surface area contributed by atoms with Gasteiger partial charge < -0.3 is 19.1 Å². The Morgan fingerprint density at radius 2 is 1.35 bits per heavy atom. The monoisotopic (exact) mass is 668 g/mol. The van der Waals surface area contributed by atoms with E-state index in [9.17, 15) is 9.90 Å². The van der Waals surface area contributed by atoms with Gasteiger partial charge in [-0.2, -0.15) is 4.98 Å². The molecule has 0 saturated heterocycles. The van der Waals surface area contributed by atoms with Crippen molar-refractivity contribution in [3.63, 3.8) is 0 Å². The number of aromatic nitrogens is 4. The maximum absolute atomic E-state index is 14.0. The van der Waals surface area contributed by atoms with Gasteiger partial charge in [0, 0.05) is 19.5 Å². The summed E-state index contributed by atoms with van der Waals surface area (Å²) in [5.41, 5.74) is 3.96. The molecule has 7 rings (SSSR count). The highest BCUT2D eigenvalue weighted by Crippen LogP contribution is 2.43. The van der Waals surface area contributed by atoms with Crippen molar-refractivity contribution in [2.75, 3.05) is 0 Å². The van der Waals surface area contributed by atoms with Gasteiger partial charge >= 0.3 is 4.87 Å². The highest BCUT2D eigenvalue weighted by Gasteiger charge is 2.42. The normalized spacial score (nSPS) is 11.7. The van der Waals surface area contributed by atoms with Gasteiger partial charge in [0.25, 0.3) is 0 Å². The van der Waals surface area contributed by atoms with E-state index in [1.165, 1.54) is 0 Å². The molecule has 49 heavy (non-hydrogen) atoms. The molecule has 0 spiro atoms. The predicted octanol–water partition coefficient (Wildman–Crippen LogP) is 7.69. The number of nitrogens with zero attached hydrogens (tertiary/aromatic N) is 4. The summed E-state index contributed by atoms with van der Waals surface area (Å²) in [4.78, 5) is 23.7. The Hall–Kier alpha value is -5.67. The van der Waals surface area contributed by atoms with Crippen LogP contribution in [0.15, 0.2) is 132 Å². The molecule has 0 aliphatic carbocycles. The zero-order valence-corrected chi connectivity index (χ0v) is 28.3. The van der Waals surface area contributed by atoms with Crippen LogP contribution in [0.3, 0.4) is 0 Å². The van der Waals surface area contributed by atoms with E-state index in [-0.39, 0.29) is 23.5 Å². The van der Waals surface area contributed by atoms with Crippen molar-refractivity contribution in [3.05, 3.63) is 170 Å². The molecule has 8 nitrogen and oxygen atoms in total. The predicted molar refractivity (Wildman–Crippen MR) is 193 cm³/mol. The zero-order valence-electron chi connectivity index (χ0n) is 27.5. The molecule has 1 N–H and O–H groups in total. The molecule has 0 fully saturated rings. The first-order chi connectivity index (χ1) is 23.8. The highest BCUT2D eigenvalue weighted by molar-refractivity contribution is 7.09. The van der Waals surface area contributed by atoms with Gasteiger partial charge in [0.2, 0.25) is 11.8 Å². The molecule has 4 aromatic carbocycles. The van der Waals surface area contributed by atoms with Gasteiger partial charge in [-0.3, -0.25) is 9.36 Å². The van der Waals surface area contributed by atoms with E-state index >= 15 is 0 Å². The molecular weight excluding hydrogens is 633 g/mol. The molecule has 0 atom stereocenters. The van der Waals surface area contributed by atoms with Crippen molar-refractivity contribution in [2.24, 2.45) is 7.05 Å². The van der Waals surface area contributed by atoms with Crippen molar-refractivity contribution in [3.8, 4) is 17.5 Å². The molecule has 9 heteroatoms. The Kier molecular flexibility index (Phi) is 8.76. The number of hydrogen-bond acceptors (Lipinski definition) is 7. The maximum atomic E-state index is 14.0. The third kappa shape index (κ3) is 6.09. The van der Waals surface area contributed by atoms with Crippen molar-refractivity contribution in [2.45, 2.75) is 38.5 Å². The Morgan fingerprint density at radius 1 is 0.776 bits per heavy atom. The SMILES string of the molecule is CC(C)Oc1ccc2nc(COc3ccc(Cc4sc(=O)n(C(c5ccccc5)(c5ccccc5)c5ccccc5)c4O)cc3)n(C)c2n1. The lowest BCUT2D eigenvalue weighted by Gasteiger charge is -2.37. The quantitative estimate of drug-likeness (QED) is 0.142. The van der Waals surface area contributed by atoms with Gasteiger partial charge in [0.05, 0.1) is 11.0 Å². The van der Waals surface area contributed by atoms with Gasteiger partial charge in [0.1, 0.15) is 29.2 Å². The molecule has 3 heterocycles. The summed E-state index contributed by atoms with van der Waals surface area (Å²) in [5.74, 6) is 1.93. The third-order valence-electron chi connectivity index (χ3n) is 8.56. The van der Waals surface area contributed by atoms with E-state index in [2.05, 4.69) is 9.97 Å². The van der Waals surface area contributed by atoms with E-state index in [0.29, 0.717) is 22.9 Å². The number of hydrogen-bond donors (Lipinski definition) is 1. The number of rotatable bonds is 11. The van der Waals surface area contributed by atoms with Gasteiger partial charge in [0.15, 0.2) is 5.65 Å². The summed E-state index contributed by atoms with van der Waals surface area (Å²) in [6, 6.07) is 41.1. The number of imidazole rings is 1. The van der Waals surface area contributed by atoms with Crippen LogP contribution in [0.4, 0.5) is 0 Å². The van der Waals surface area contributed by atoms with Gasteiger partial charge in [-0.05, 0) is 54.3 Å². The smallest absolute Gasteiger partial charge is 0.311 e. The van der Waals surface area contributed by atoms with Crippen molar-refractivity contribution < 1.29 is 14.6 Å².